The molecule has 0 atom stereocenters. The number of alkyl halides is 6. The second-order valence-corrected chi connectivity index (χ2v) is 5.21. The first-order valence-electron chi connectivity index (χ1n) is 1.31. The van der Waals surface area contributed by atoms with Crippen LogP contribution in [-0.4, -0.2) is 8.59 Å². The van der Waals surface area contributed by atoms with Gasteiger partial charge in [0.15, 0.2) is 0 Å². The Labute approximate surface area is 53.6 Å². The molecule has 1 heterocycles. The van der Waals surface area contributed by atoms with Crippen LogP contribution in [0.3, 0.4) is 0 Å². The fourth-order valence-corrected chi connectivity index (χ4v) is 3.34. The third-order valence-electron chi connectivity index (χ3n) is 0.381. The molecule has 1 saturated heterocycles. The summed E-state index contributed by atoms with van der Waals surface area (Å²) in [5.41, 5.74) is 0. The van der Waals surface area contributed by atoms with Crippen molar-refractivity contribution in [2.45, 2.75) is 8.59 Å². The molecule has 0 saturated carbocycles. The Morgan fingerprint density at radius 2 is 1.33 bits per heavy atom. The number of rotatable bonds is 0. The first-order chi connectivity index (χ1) is 2.79. The molecule has 1 aliphatic rings. The minimum absolute atomic E-state index is 0.104. The van der Waals surface area contributed by atoms with Crippen molar-refractivity contribution in [3.05, 3.63) is 0 Å². The molecule has 0 N–H and O–H groups in total. The average Bonchev–Trinajstić information content (AvgIpc) is 1.33. The molecule has 0 aromatic rings. The zero-order valence-corrected chi connectivity index (χ0v) is 5.69. The second kappa shape index (κ2) is 1.95. The molecular formula is C2H2Cl4+2. The van der Waals surface area contributed by atoms with E-state index in [1.165, 1.54) is 0 Å². The van der Waals surface area contributed by atoms with Crippen LogP contribution in [0, 0.1) is 21.6 Å². The maximum atomic E-state index is 5.44. The zero-order valence-electron chi connectivity index (χ0n) is 2.67. The Bertz CT molecular complexity index is 41.5. The molecule has 0 nitrogen and oxygen atoms in total. The van der Waals surface area contributed by atoms with E-state index in [9.17, 15) is 0 Å². The minimum Gasteiger partial charge on any atom is 0.0175 e. The lowest BCUT2D eigenvalue weighted by Gasteiger charge is -1.88. The highest BCUT2D eigenvalue weighted by molar-refractivity contribution is 6.21. The van der Waals surface area contributed by atoms with E-state index in [4.69, 9.17) is 23.2 Å². The van der Waals surface area contributed by atoms with E-state index < -0.39 is 0 Å². The minimum atomic E-state index is 0.104. The molecule has 0 aromatic heterocycles. The maximum Gasteiger partial charge on any atom is 0.481 e. The second-order valence-electron chi connectivity index (χ2n) is 0.747. The van der Waals surface area contributed by atoms with Crippen molar-refractivity contribution in [1.82, 2.24) is 0 Å². The predicted molar refractivity (Wildman–Crippen MR) is 19.3 cm³/mol. The Morgan fingerprint density at radius 1 is 1.00 bits per heavy atom. The number of hydrogen-bond donors (Lipinski definition) is 0. The van der Waals surface area contributed by atoms with Crippen LogP contribution in [0.1, 0.15) is 0 Å². The highest BCUT2D eigenvalue weighted by atomic mass is 35.7. The molecule has 4 heteroatoms. The number of hydrogen-bond acceptors (Lipinski definition) is 0. The van der Waals surface area contributed by atoms with Crippen LogP contribution >= 0.6 is 23.2 Å². The normalized spacial score (nSPS) is 45.0. The summed E-state index contributed by atoms with van der Waals surface area (Å²) in [4.78, 5) is 0. The van der Waals surface area contributed by atoms with Gasteiger partial charge in [-0.1, -0.05) is 0 Å². The topological polar surface area (TPSA) is 0 Å². The fourth-order valence-electron chi connectivity index (χ4n) is 0.156. The summed E-state index contributed by atoms with van der Waals surface area (Å²) in [7, 11) is 3.92. The molecule has 0 bridgehead atoms. The van der Waals surface area contributed by atoms with E-state index in [0.29, 0.717) is 0 Å². The van der Waals surface area contributed by atoms with Gasteiger partial charge < -0.3 is 0 Å². The highest BCUT2D eigenvalue weighted by Gasteiger charge is 2.61. The van der Waals surface area contributed by atoms with Gasteiger partial charge in [-0.25, -0.2) is 0 Å². The summed E-state index contributed by atoms with van der Waals surface area (Å²) in [6.07, 6.45) is 0. The first-order valence-corrected chi connectivity index (χ1v) is 3.93. The predicted octanol–water partition coefficient (Wildman–Crippen LogP) is 1.21. The molecule has 0 aromatic carbocycles. The lowest BCUT2D eigenvalue weighted by molar-refractivity contribution is -1.09. The summed E-state index contributed by atoms with van der Waals surface area (Å²) >= 11 is 10.9. The van der Waals surface area contributed by atoms with Crippen molar-refractivity contribution >= 4 is 23.2 Å². The van der Waals surface area contributed by atoms with Gasteiger partial charge in [-0.2, -0.15) is 0 Å². The van der Waals surface area contributed by atoms with E-state index in [2.05, 4.69) is 0 Å². The Kier molecular flexibility index (Phi) is 1.73. The maximum absolute atomic E-state index is 5.44. The lowest BCUT2D eigenvalue weighted by atomic mass is 11.8. The van der Waals surface area contributed by atoms with E-state index in [1.807, 2.05) is 21.6 Å². The summed E-state index contributed by atoms with van der Waals surface area (Å²) in [5, 5.41) is 0. The van der Waals surface area contributed by atoms with E-state index in [1.54, 1.807) is 0 Å². The van der Waals surface area contributed by atoms with Gasteiger partial charge in [-0.3, -0.25) is 0 Å². The molecule has 0 amide bonds. The van der Waals surface area contributed by atoms with Crippen molar-refractivity contribution < 1.29 is 21.6 Å². The Morgan fingerprint density at radius 3 is 1.33 bits per heavy atom. The summed E-state index contributed by atoms with van der Waals surface area (Å²) in [5.74, 6) is 0. The quantitative estimate of drug-likeness (QED) is 0.476. The Balaban J connectivity index is 2.11. The van der Waals surface area contributed by atoms with Crippen LogP contribution < -0.4 is 0 Å². The van der Waals surface area contributed by atoms with Crippen molar-refractivity contribution in [2.75, 3.05) is 0 Å². The largest absolute Gasteiger partial charge is 0.481 e. The van der Waals surface area contributed by atoms with Gasteiger partial charge in [0.25, 0.3) is 0 Å². The molecule has 0 aliphatic carbocycles. The Hall–Kier alpha value is 1.16. The molecule has 6 heavy (non-hydrogen) atoms. The SMILES string of the molecule is ClC1[Cl+]C(Cl)[Cl+]1. The molecule has 1 rings (SSSR count). The third-order valence-corrected chi connectivity index (χ3v) is 3.43. The van der Waals surface area contributed by atoms with Gasteiger partial charge in [-0.15, -0.1) is 0 Å². The van der Waals surface area contributed by atoms with Crippen molar-refractivity contribution in [3.8, 4) is 0 Å². The molecule has 1 aliphatic heterocycles. The van der Waals surface area contributed by atoms with Crippen LogP contribution in [0.4, 0.5) is 0 Å². The van der Waals surface area contributed by atoms with E-state index in [-0.39, 0.29) is 8.59 Å². The molecule has 0 unspecified atom stereocenters. The molecule has 0 radical (unpaired) electrons. The standard InChI is InChI=1S/C2H2Cl4/c3-1-5-2(4)6-1/h1-2H/q+2. The lowest BCUT2D eigenvalue weighted by Crippen LogP contribution is -2.29. The smallest absolute Gasteiger partial charge is 0.0175 e. The van der Waals surface area contributed by atoms with Crippen LogP contribution in [0.5, 0.6) is 0 Å². The summed E-state index contributed by atoms with van der Waals surface area (Å²) < 4.78 is 0.208. The van der Waals surface area contributed by atoms with Gasteiger partial charge in [0.1, 0.15) is 0 Å². The van der Waals surface area contributed by atoms with Crippen molar-refractivity contribution in [3.63, 3.8) is 0 Å². The highest BCUT2D eigenvalue weighted by Crippen LogP contribution is 2.24. The van der Waals surface area contributed by atoms with E-state index >= 15 is 0 Å². The van der Waals surface area contributed by atoms with Crippen LogP contribution in [-0.2, 0) is 0 Å². The monoisotopic (exact) mass is 166 g/mol. The molecule has 0 spiro atoms. The zero-order chi connectivity index (χ0) is 4.57. The molecule has 36 valence electrons. The van der Waals surface area contributed by atoms with E-state index in [0.717, 1.165) is 0 Å². The van der Waals surface area contributed by atoms with Gasteiger partial charge >= 0.3 is 30.2 Å². The molecular weight excluding hydrogens is 166 g/mol. The van der Waals surface area contributed by atoms with Crippen LogP contribution in [0.25, 0.3) is 0 Å². The average molecular weight is 168 g/mol. The van der Waals surface area contributed by atoms with Gasteiger partial charge in [-0.05, 0) is 0 Å². The number of halogens is 4. The third kappa shape index (κ3) is 1.06. The summed E-state index contributed by atoms with van der Waals surface area (Å²) in [6.45, 7) is 0. The van der Waals surface area contributed by atoms with Crippen LogP contribution in [0.15, 0.2) is 0 Å². The van der Waals surface area contributed by atoms with Gasteiger partial charge in [0.05, 0.1) is 0 Å². The van der Waals surface area contributed by atoms with Gasteiger partial charge in [0, 0.05) is 23.2 Å². The van der Waals surface area contributed by atoms with Crippen molar-refractivity contribution in [2.24, 2.45) is 0 Å². The van der Waals surface area contributed by atoms with Gasteiger partial charge in [0.2, 0.25) is 0 Å². The first kappa shape index (κ1) is 5.30. The van der Waals surface area contributed by atoms with Crippen LogP contribution in [0.2, 0.25) is 0 Å². The fraction of sp³-hybridized carbons (Fsp3) is 1.00. The molecule has 1 fully saturated rings. The summed E-state index contributed by atoms with van der Waals surface area (Å²) in [6, 6.07) is 0. The van der Waals surface area contributed by atoms with Crippen molar-refractivity contribution in [1.29, 1.82) is 0 Å².